The van der Waals surface area contributed by atoms with E-state index in [2.05, 4.69) is 5.32 Å². The van der Waals surface area contributed by atoms with Crippen LogP contribution in [0.2, 0.25) is 0 Å². The fraction of sp³-hybridized carbons (Fsp3) is 0.333. The Morgan fingerprint density at radius 3 is 2.30 bits per heavy atom. The maximum absolute atomic E-state index is 12.4. The summed E-state index contributed by atoms with van der Waals surface area (Å²) in [5.74, 6) is -1.36. The van der Waals surface area contributed by atoms with Gasteiger partial charge in [-0.1, -0.05) is 43.2 Å². The number of nitrogens with one attached hydrogen (secondary N) is 1. The van der Waals surface area contributed by atoms with Crippen molar-refractivity contribution in [1.82, 2.24) is 5.32 Å². The Hall–Kier alpha value is -2.56. The average molecular weight is 313 g/mol. The summed E-state index contributed by atoms with van der Waals surface area (Å²) in [6.07, 6.45) is 4.51. The van der Waals surface area contributed by atoms with Gasteiger partial charge in [0.25, 0.3) is 5.91 Å². The molecule has 0 radical (unpaired) electrons. The van der Waals surface area contributed by atoms with Crippen LogP contribution in [0.5, 0.6) is 0 Å². The number of carboxylic acids is 1. The smallest absolute Gasteiger partial charge is 0.371 e. The Labute approximate surface area is 134 Å². The Bertz CT molecular complexity index is 686. The molecule has 1 heterocycles. The van der Waals surface area contributed by atoms with Gasteiger partial charge in [0, 0.05) is 0 Å². The van der Waals surface area contributed by atoms with Crippen molar-refractivity contribution >= 4 is 11.9 Å². The Morgan fingerprint density at radius 1 is 1.04 bits per heavy atom. The van der Waals surface area contributed by atoms with Crippen LogP contribution in [-0.4, -0.2) is 17.0 Å². The number of rotatable bonds is 5. The van der Waals surface area contributed by atoms with Gasteiger partial charge in [-0.3, -0.25) is 4.79 Å². The molecule has 0 aliphatic heterocycles. The second kappa shape index (κ2) is 6.69. The number of hydrogen-bond acceptors (Lipinski definition) is 3. The third kappa shape index (κ3) is 3.44. The topological polar surface area (TPSA) is 79.5 Å². The third-order valence-corrected chi connectivity index (χ3v) is 4.36. The molecule has 1 amide bonds. The monoisotopic (exact) mass is 313 g/mol. The molecule has 1 aliphatic rings. The van der Waals surface area contributed by atoms with Crippen LogP contribution in [0.3, 0.4) is 0 Å². The molecule has 1 saturated carbocycles. The van der Waals surface area contributed by atoms with E-state index in [0.29, 0.717) is 5.92 Å². The minimum atomic E-state index is -1.18. The Morgan fingerprint density at radius 2 is 1.70 bits per heavy atom. The maximum atomic E-state index is 12.4. The summed E-state index contributed by atoms with van der Waals surface area (Å²) in [4.78, 5) is 23.3. The van der Waals surface area contributed by atoms with E-state index < -0.39 is 5.97 Å². The van der Waals surface area contributed by atoms with E-state index in [1.165, 1.54) is 25.0 Å². The maximum Gasteiger partial charge on any atom is 0.371 e. The highest BCUT2D eigenvalue weighted by atomic mass is 16.4. The molecule has 1 aromatic carbocycles. The molecule has 3 rings (SSSR count). The molecule has 5 heteroatoms. The molecule has 23 heavy (non-hydrogen) atoms. The number of carboxylic acid groups (broad SMARTS) is 1. The lowest BCUT2D eigenvalue weighted by atomic mass is 9.91. The zero-order valence-electron chi connectivity index (χ0n) is 12.7. The van der Waals surface area contributed by atoms with Crippen molar-refractivity contribution in [3.63, 3.8) is 0 Å². The molecule has 1 unspecified atom stereocenters. The molecule has 0 saturated heterocycles. The van der Waals surface area contributed by atoms with E-state index in [9.17, 15) is 9.59 Å². The van der Waals surface area contributed by atoms with E-state index in [4.69, 9.17) is 9.52 Å². The van der Waals surface area contributed by atoms with Crippen LogP contribution in [0.25, 0.3) is 0 Å². The SMILES string of the molecule is O=C(O)c1ccc(C(=O)NC(c2ccccc2)C2CCCC2)o1. The van der Waals surface area contributed by atoms with Gasteiger partial charge in [0.2, 0.25) is 5.76 Å². The molecule has 1 aromatic heterocycles. The highest BCUT2D eigenvalue weighted by molar-refractivity contribution is 5.93. The van der Waals surface area contributed by atoms with E-state index >= 15 is 0 Å². The molecule has 0 spiro atoms. The lowest BCUT2D eigenvalue weighted by Gasteiger charge is -2.24. The fourth-order valence-electron chi connectivity index (χ4n) is 3.21. The zero-order valence-corrected chi connectivity index (χ0v) is 12.7. The molecule has 2 N–H and O–H groups in total. The highest BCUT2D eigenvalue weighted by Gasteiger charge is 2.28. The van der Waals surface area contributed by atoms with Gasteiger partial charge in [0.1, 0.15) is 0 Å². The minimum absolute atomic E-state index is 0.0290. The van der Waals surface area contributed by atoms with Crippen molar-refractivity contribution in [3.05, 3.63) is 59.5 Å². The second-order valence-corrected chi connectivity index (χ2v) is 5.88. The summed E-state index contributed by atoms with van der Waals surface area (Å²) in [7, 11) is 0. The first kappa shape index (κ1) is 15.3. The lowest BCUT2D eigenvalue weighted by molar-refractivity contribution is 0.0659. The number of aromatic carboxylic acids is 1. The molecular formula is C18H19NO4. The van der Waals surface area contributed by atoms with E-state index in [0.717, 1.165) is 18.4 Å². The van der Waals surface area contributed by atoms with Gasteiger partial charge in [0.05, 0.1) is 6.04 Å². The van der Waals surface area contributed by atoms with E-state index in [1.54, 1.807) is 0 Å². The minimum Gasteiger partial charge on any atom is -0.475 e. The quantitative estimate of drug-likeness (QED) is 0.883. The predicted octanol–water partition coefficient (Wildman–Crippen LogP) is 3.64. The van der Waals surface area contributed by atoms with Gasteiger partial charge in [0.15, 0.2) is 5.76 Å². The molecular weight excluding hydrogens is 294 g/mol. The summed E-state index contributed by atoms with van der Waals surface area (Å²) in [5, 5.41) is 11.9. The van der Waals surface area contributed by atoms with E-state index in [-0.39, 0.29) is 23.5 Å². The number of furan rings is 1. The van der Waals surface area contributed by atoms with Crippen LogP contribution in [0, 0.1) is 5.92 Å². The predicted molar refractivity (Wildman–Crippen MR) is 84.3 cm³/mol. The van der Waals surface area contributed by atoms with Crippen LogP contribution in [0.15, 0.2) is 46.9 Å². The molecule has 2 aromatic rings. The molecule has 1 atom stereocenters. The molecule has 0 bridgehead atoms. The van der Waals surface area contributed by atoms with Crippen LogP contribution in [0.1, 0.15) is 58.4 Å². The standard InChI is InChI=1S/C18H19NO4/c20-17(14-10-11-15(23-14)18(21)22)19-16(13-8-4-5-9-13)12-6-2-1-3-7-12/h1-3,6-7,10-11,13,16H,4-5,8-9H2,(H,19,20)(H,21,22). The summed E-state index contributed by atoms with van der Waals surface area (Å²) in [6.45, 7) is 0. The lowest BCUT2D eigenvalue weighted by Crippen LogP contribution is -2.32. The number of benzene rings is 1. The molecule has 120 valence electrons. The summed E-state index contributed by atoms with van der Waals surface area (Å²) >= 11 is 0. The van der Waals surface area contributed by atoms with Gasteiger partial charge in [-0.2, -0.15) is 0 Å². The number of carbonyl (C=O) groups excluding carboxylic acids is 1. The third-order valence-electron chi connectivity index (χ3n) is 4.36. The fourth-order valence-corrected chi connectivity index (χ4v) is 3.21. The van der Waals surface area contributed by atoms with Crippen LogP contribution in [0.4, 0.5) is 0 Å². The van der Waals surface area contributed by atoms with Gasteiger partial charge in [-0.15, -0.1) is 0 Å². The van der Waals surface area contributed by atoms with Gasteiger partial charge < -0.3 is 14.8 Å². The zero-order chi connectivity index (χ0) is 16.2. The number of amides is 1. The average Bonchev–Trinajstić information content (AvgIpc) is 3.24. The normalized spacial score (nSPS) is 16.2. The summed E-state index contributed by atoms with van der Waals surface area (Å²) in [5.41, 5.74) is 1.07. The first-order valence-corrected chi connectivity index (χ1v) is 7.84. The van der Waals surface area contributed by atoms with Gasteiger partial charge in [-0.05, 0) is 36.5 Å². The molecule has 1 fully saturated rings. The largest absolute Gasteiger partial charge is 0.475 e. The Kier molecular flexibility index (Phi) is 4.46. The number of carbonyl (C=O) groups is 2. The van der Waals surface area contributed by atoms with Crippen molar-refractivity contribution < 1.29 is 19.1 Å². The van der Waals surface area contributed by atoms with Gasteiger partial charge >= 0.3 is 5.97 Å². The first-order valence-electron chi connectivity index (χ1n) is 7.84. The van der Waals surface area contributed by atoms with Crippen molar-refractivity contribution in [3.8, 4) is 0 Å². The highest BCUT2D eigenvalue weighted by Crippen LogP contribution is 2.35. The van der Waals surface area contributed by atoms with Crippen molar-refractivity contribution in [1.29, 1.82) is 0 Å². The molecule has 1 aliphatic carbocycles. The van der Waals surface area contributed by atoms with Crippen molar-refractivity contribution in [2.24, 2.45) is 5.92 Å². The Balaban J connectivity index is 1.80. The summed E-state index contributed by atoms with van der Waals surface area (Å²) < 4.78 is 5.09. The van der Waals surface area contributed by atoms with Crippen LogP contribution < -0.4 is 5.32 Å². The first-order chi connectivity index (χ1) is 11.1. The van der Waals surface area contributed by atoms with E-state index in [1.807, 2.05) is 30.3 Å². The summed E-state index contributed by atoms with van der Waals surface area (Å²) in [6, 6.07) is 12.5. The van der Waals surface area contributed by atoms with Crippen LogP contribution >= 0.6 is 0 Å². The van der Waals surface area contributed by atoms with Crippen molar-refractivity contribution in [2.75, 3.05) is 0 Å². The van der Waals surface area contributed by atoms with Gasteiger partial charge in [-0.25, -0.2) is 4.79 Å². The van der Waals surface area contributed by atoms with Crippen molar-refractivity contribution in [2.45, 2.75) is 31.7 Å². The molecule has 5 nitrogen and oxygen atoms in total. The number of hydrogen-bond donors (Lipinski definition) is 2. The second-order valence-electron chi connectivity index (χ2n) is 5.88. The van der Waals surface area contributed by atoms with Crippen LogP contribution in [-0.2, 0) is 0 Å².